The van der Waals surface area contributed by atoms with Gasteiger partial charge in [-0.2, -0.15) is 4.52 Å². The number of benzene rings is 2. The summed E-state index contributed by atoms with van der Waals surface area (Å²) in [5, 5.41) is 14.1. The Kier molecular flexibility index (Phi) is 3.65. The molecular weight excluding hydrogens is 356 g/mol. The van der Waals surface area contributed by atoms with Crippen LogP contribution in [0.3, 0.4) is 0 Å². The molecule has 0 saturated heterocycles. The Morgan fingerprint density at radius 3 is 2.33 bits per heavy atom. The lowest BCUT2D eigenvalue weighted by atomic mass is 10.1. The Labute approximate surface area is 159 Å². The summed E-state index contributed by atoms with van der Waals surface area (Å²) in [6.07, 6.45) is 0. The fourth-order valence-corrected chi connectivity index (χ4v) is 4.01. The van der Waals surface area contributed by atoms with Crippen LogP contribution in [0.4, 0.5) is 0 Å². The first kappa shape index (κ1) is 16.0. The van der Waals surface area contributed by atoms with Gasteiger partial charge in [-0.25, -0.2) is 0 Å². The van der Waals surface area contributed by atoms with Crippen molar-refractivity contribution in [1.82, 2.24) is 19.8 Å². The van der Waals surface area contributed by atoms with Crippen LogP contribution in [-0.2, 0) is 0 Å². The molecule has 2 aromatic carbocycles. The van der Waals surface area contributed by atoms with Crippen molar-refractivity contribution >= 4 is 16.3 Å². The lowest BCUT2D eigenvalue weighted by molar-refractivity contribution is 0.595. The van der Waals surface area contributed by atoms with Crippen molar-refractivity contribution in [2.45, 2.75) is 13.8 Å². The molecule has 5 aromatic rings. The second kappa shape index (κ2) is 6.17. The lowest BCUT2D eigenvalue weighted by Gasteiger charge is -2.01. The molecule has 0 N–H and O–H groups in total. The molecule has 0 saturated carbocycles. The van der Waals surface area contributed by atoms with Crippen molar-refractivity contribution in [1.29, 1.82) is 0 Å². The molecule has 0 aliphatic carbocycles. The van der Waals surface area contributed by atoms with E-state index in [-0.39, 0.29) is 0 Å². The van der Waals surface area contributed by atoms with Gasteiger partial charge in [0.25, 0.3) is 0 Å². The van der Waals surface area contributed by atoms with Gasteiger partial charge in [0, 0.05) is 11.1 Å². The normalized spacial score (nSPS) is 11.3. The van der Waals surface area contributed by atoms with Gasteiger partial charge in [0.2, 0.25) is 4.96 Å². The highest BCUT2D eigenvalue weighted by atomic mass is 32.1. The summed E-state index contributed by atoms with van der Waals surface area (Å²) in [5.41, 5.74) is 4.44. The predicted molar refractivity (Wildman–Crippen MR) is 107 cm³/mol. The van der Waals surface area contributed by atoms with E-state index in [1.54, 1.807) is 4.52 Å². The fourth-order valence-electron chi connectivity index (χ4n) is 3.21. The van der Waals surface area contributed by atoms with E-state index in [1.807, 2.05) is 42.5 Å². The molecule has 0 aliphatic rings. The molecular formula is C21H16N4OS. The Hall–Kier alpha value is -3.25. The highest BCUT2D eigenvalue weighted by molar-refractivity contribution is 7.19. The van der Waals surface area contributed by atoms with Crippen molar-refractivity contribution < 1.29 is 4.42 Å². The van der Waals surface area contributed by atoms with Crippen LogP contribution in [0.2, 0.25) is 0 Å². The third-order valence-corrected chi connectivity index (χ3v) is 5.26. The van der Waals surface area contributed by atoms with Gasteiger partial charge in [-0.3, -0.25) is 0 Å². The summed E-state index contributed by atoms with van der Waals surface area (Å²) >= 11 is 1.47. The van der Waals surface area contributed by atoms with Gasteiger partial charge in [-0.15, -0.1) is 15.3 Å². The van der Waals surface area contributed by atoms with Gasteiger partial charge in [-0.1, -0.05) is 58.9 Å². The molecule has 0 bridgehead atoms. The molecule has 0 fully saturated rings. The van der Waals surface area contributed by atoms with E-state index in [1.165, 1.54) is 22.5 Å². The SMILES string of the molecule is Cc1cc(C)cc(-c2nnc3sc(-c4ccc(-c5ccccc5)o4)nn23)c1. The molecule has 0 aliphatic heterocycles. The maximum absolute atomic E-state index is 6.02. The minimum absolute atomic E-state index is 0.732. The van der Waals surface area contributed by atoms with E-state index in [0.717, 1.165) is 38.4 Å². The molecule has 0 amide bonds. The highest BCUT2D eigenvalue weighted by Crippen LogP contribution is 2.32. The number of aryl methyl sites for hydroxylation is 2. The van der Waals surface area contributed by atoms with Crippen LogP contribution in [0.15, 0.2) is 65.1 Å². The van der Waals surface area contributed by atoms with Gasteiger partial charge < -0.3 is 4.42 Å². The van der Waals surface area contributed by atoms with Gasteiger partial charge in [-0.05, 0) is 38.1 Å². The van der Waals surface area contributed by atoms with E-state index in [4.69, 9.17) is 9.52 Å². The van der Waals surface area contributed by atoms with Crippen LogP contribution in [0, 0.1) is 13.8 Å². The quantitative estimate of drug-likeness (QED) is 0.426. The molecule has 27 heavy (non-hydrogen) atoms. The zero-order valence-corrected chi connectivity index (χ0v) is 15.7. The van der Waals surface area contributed by atoms with Crippen LogP contribution in [0.5, 0.6) is 0 Å². The molecule has 3 heterocycles. The van der Waals surface area contributed by atoms with Crippen molar-refractivity contribution in [3.8, 4) is 33.5 Å². The van der Waals surface area contributed by atoms with Crippen LogP contribution in [0.25, 0.3) is 38.4 Å². The lowest BCUT2D eigenvalue weighted by Crippen LogP contribution is -1.92. The summed E-state index contributed by atoms with van der Waals surface area (Å²) in [6.45, 7) is 4.16. The first-order valence-corrected chi connectivity index (χ1v) is 9.45. The Bertz CT molecular complexity index is 1230. The summed E-state index contributed by atoms with van der Waals surface area (Å²) in [4.78, 5) is 0.747. The number of fused-ring (bicyclic) bond motifs is 1. The maximum atomic E-state index is 6.02. The number of hydrogen-bond donors (Lipinski definition) is 0. The zero-order valence-electron chi connectivity index (χ0n) is 14.9. The predicted octanol–water partition coefficient (Wildman–Crippen LogP) is 5.40. The van der Waals surface area contributed by atoms with Crippen LogP contribution < -0.4 is 0 Å². The zero-order chi connectivity index (χ0) is 18.4. The molecule has 0 atom stereocenters. The molecule has 3 aromatic heterocycles. The van der Waals surface area contributed by atoms with Crippen LogP contribution >= 0.6 is 11.3 Å². The Balaban J connectivity index is 1.57. The van der Waals surface area contributed by atoms with E-state index >= 15 is 0 Å². The standard InChI is InChI=1S/C21H16N4OS/c1-13-10-14(2)12-16(11-13)19-22-23-21-25(19)24-20(27-21)18-9-8-17(26-18)15-6-4-3-5-7-15/h3-12H,1-2H3. The number of aromatic nitrogens is 4. The molecule has 6 heteroatoms. The average Bonchev–Trinajstić information content (AvgIpc) is 3.36. The number of hydrogen-bond acceptors (Lipinski definition) is 5. The van der Waals surface area contributed by atoms with Gasteiger partial charge in [0.1, 0.15) is 5.76 Å². The topological polar surface area (TPSA) is 56.2 Å². The Morgan fingerprint density at radius 1 is 0.815 bits per heavy atom. The van der Waals surface area contributed by atoms with Crippen molar-refractivity contribution in [2.24, 2.45) is 0 Å². The first-order chi connectivity index (χ1) is 13.2. The molecule has 0 unspecified atom stereocenters. The fraction of sp³-hybridized carbons (Fsp3) is 0.0952. The number of rotatable bonds is 3. The van der Waals surface area contributed by atoms with Crippen molar-refractivity contribution in [2.75, 3.05) is 0 Å². The van der Waals surface area contributed by atoms with Gasteiger partial charge in [0.15, 0.2) is 16.6 Å². The number of furan rings is 1. The summed E-state index contributed by atoms with van der Waals surface area (Å²) in [5.74, 6) is 2.30. The Morgan fingerprint density at radius 2 is 1.56 bits per heavy atom. The largest absolute Gasteiger partial charge is 0.454 e. The third kappa shape index (κ3) is 2.84. The van der Waals surface area contributed by atoms with Crippen LogP contribution in [0.1, 0.15) is 11.1 Å². The van der Waals surface area contributed by atoms with Crippen LogP contribution in [-0.4, -0.2) is 19.8 Å². The minimum atomic E-state index is 0.732. The molecule has 0 spiro atoms. The summed E-state index contributed by atoms with van der Waals surface area (Å²) in [7, 11) is 0. The average molecular weight is 372 g/mol. The second-order valence-corrected chi connectivity index (χ2v) is 7.49. The van der Waals surface area contributed by atoms with E-state index in [9.17, 15) is 0 Å². The number of nitrogens with zero attached hydrogens (tertiary/aromatic N) is 4. The molecule has 0 radical (unpaired) electrons. The minimum Gasteiger partial charge on any atom is -0.454 e. The molecule has 132 valence electrons. The highest BCUT2D eigenvalue weighted by Gasteiger charge is 2.17. The van der Waals surface area contributed by atoms with E-state index in [2.05, 4.69) is 42.2 Å². The maximum Gasteiger partial charge on any atom is 0.235 e. The van der Waals surface area contributed by atoms with Gasteiger partial charge in [0.05, 0.1) is 0 Å². The summed E-state index contributed by atoms with van der Waals surface area (Å²) in [6, 6.07) is 20.3. The van der Waals surface area contributed by atoms with E-state index in [0.29, 0.717) is 0 Å². The first-order valence-electron chi connectivity index (χ1n) is 8.64. The third-order valence-electron chi connectivity index (χ3n) is 4.35. The van der Waals surface area contributed by atoms with Gasteiger partial charge >= 0.3 is 0 Å². The summed E-state index contributed by atoms with van der Waals surface area (Å²) < 4.78 is 7.82. The molecule has 5 nitrogen and oxygen atoms in total. The van der Waals surface area contributed by atoms with Crippen molar-refractivity contribution in [3.63, 3.8) is 0 Å². The second-order valence-electron chi connectivity index (χ2n) is 6.53. The van der Waals surface area contributed by atoms with E-state index < -0.39 is 0 Å². The monoisotopic (exact) mass is 372 g/mol. The van der Waals surface area contributed by atoms with Crippen molar-refractivity contribution in [3.05, 3.63) is 71.8 Å². The molecule has 5 rings (SSSR count). The smallest absolute Gasteiger partial charge is 0.235 e.